The summed E-state index contributed by atoms with van der Waals surface area (Å²) in [6.07, 6.45) is 2.34. The van der Waals surface area contributed by atoms with Gasteiger partial charge in [0.25, 0.3) is 11.5 Å². The molecule has 0 aliphatic carbocycles. The number of pyridine rings is 2. The Hall–Kier alpha value is -3.65. The molecular weight excluding hydrogens is 420 g/mol. The molecule has 0 unspecified atom stereocenters. The number of aromatic nitrogens is 2. The number of carbonyl (C=O) groups is 1. The maximum absolute atomic E-state index is 13.2. The number of ether oxygens (including phenoxy) is 2. The van der Waals surface area contributed by atoms with Crippen molar-refractivity contribution < 1.29 is 14.3 Å². The van der Waals surface area contributed by atoms with Gasteiger partial charge in [-0.25, -0.2) is 0 Å². The molecule has 4 rings (SSSR count). The van der Waals surface area contributed by atoms with Gasteiger partial charge < -0.3 is 19.4 Å². The molecule has 33 heavy (non-hydrogen) atoms. The number of nitrogens with one attached hydrogen (secondary N) is 1. The van der Waals surface area contributed by atoms with Crippen molar-refractivity contribution in [3.8, 4) is 11.5 Å². The average Bonchev–Trinajstić information content (AvgIpc) is 3.06. The zero-order chi connectivity index (χ0) is 23.2. The van der Waals surface area contributed by atoms with Gasteiger partial charge in [0.15, 0.2) is 0 Å². The molecule has 0 fully saturated rings. The SMILES string of the molecule is COc1ccc(CNC(=O)c2c(OC)cc(=O)n3c2CCN(Cc2ccccn2)CC3)cc1. The Morgan fingerprint density at radius 1 is 1.06 bits per heavy atom. The molecule has 3 heterocycles. The van der Waals surface area contributed by atoms with Crippen LogP contribution in [0.1, 0.15) is 27.3 Å². The number of nitrogens with zero attached hydrogens (tertiary/aromatic N) is 3. The van der Waals surface area contributed by atoms with Crippen LogP contribution in [0.25, 0.3) is 0 Å². The van der Waals surface area contributed by atoms with Crippen LogP contribution in [0.4, 0.5) is 0 Å². The lowest BCUT2D eigenvalue weighted by Gasteiger charge is -2.18. The molecule has 1 aromatic carbocycles. The predicted octanol–water partition coefficient (Wildman–Crippen LogP) is 2.25. The molecule has 0 spiro atoms. The minimum atomic E-state index is -0.260. The van der Waals surface area contributed by atoms with Crippen molar-refractivity contribution >= 4 is 5.91 Å². The van der Waals surface area contributed by atoms with Crippen molar-refractivity contribution in [1.82, 2.24) is 19.8 Å². The Morgan fingerprint density at radius 3 is 2.58 bits per heavy atom. The van der Waals surface area contributed by atoms with Crippen LogP contribution in [0.5, 0.6) is 11.5 Å². The van der Waals surface area contributed by atoms with Gasteiger partial charge in [0.2, 0.25) is 0 Å². The van der Waals surface area contributed by atoms with E-state index in [9.17, 15) is 9.59 Å². The highest BCUT2D eigenvalue weighted by atomic mass is 16.5. The van der Waals surface area contributed by atoms with Crippen molar-refractivity contribution in [3.63, 3.8) is 0 Å². The van der Waals surface area contributed by atoms with Gasteiger partial charge in [-0.3, -0.25) is 19.5 Å². The van der Waals surface area contributed by atoms with Crippen LogP contribution in [0.15, 0.2) is 59.5 Å². The number of rotatable bonds is 7. The van der Waals surface area contributed by atoms with E-state index in [0.29, 0.717) is 56.2 Å². The van der Waals surface area contributed by atoms with Crippen molar-refractivity contribution in [3.05, 3.63) is 87.6 Å². The van der Waals surface area contributed by atoms with Crippen LogP contribution in [-0.2, 0) is 26.1 Å². The number of carbonyl (C=O) groups excluding carboxylic acids is 1. The fraction of sp³-hybridized carbons (Fsp3) is 0.320. The van der Waals surface area contributed by atoms with Gasteiger partial charge in [0.1, 0.15) is 17.1 Å². The van der Waals surface area contributed by atoms with E-state index in [-0.39, 0.29) is 11.5 Å². The minimum Gasteiger partial charge on any atom is -0.497 e. The standard InChI is InChI=1S/C25H28N4O4/c1-32-20-8-6-18(7-9-20)16-27-25(31)24-21-10-12-28(17-19-5-3-4-11-26-19)13-14-29(21)23(30)15-22(24)33-2/h3-9,11,15H,10,12-14,16-17H2,1-2H3,(H,27,31). The number of hydrogen-bond donors (Lipinski definition) is 1. The molecule has 1 amide bonds. The van der Waals surface area contributed by atoms with Crippen molar-refractivity contribution in [2.45, 2.75) is 26.1 Å². The molecule has 8 nitrogen and oxygen atoms in total. The summed E-state index contributed by atoms with van der Waals surface area (Å²) in [5.41, 5.74) is 2.89. The zero-order valence-corrected chi connectivity index (χ0v) is 18.9. The molecule has 1 aliphatic heterocycles. The quantitative estimate of drug-likeness (QED) is 0.597. The van der Waals surface area contributed by atoms with Gasteiger partial charge in [-0.1, -0.05) is 18.2 Å². The molecular formula is C25H28N4O4. The summed E-state index contributed by atoms with van der Waals surface area (Å²) < 4.78 is 12.3. The van der Waals surface area contributed by atoms with Crippen LogP contribution < -0.4 is 20.3 Å². The van der Waals surface area contributed by atoms with Crippen LogP contribution in [0.2, 0.25) is 0 Å². The number of amides is 1. The summed E-state index contributed by atoms with van der Waals surface area (Å²) in [5.74, 6) is 0.802. The molecule has 1 N–H and O–H groups in total. The molecule has 1 aliphatic rings. The van der Waals surface area contributed by atoms with E-state index >= 15 is 0 Å². The lowest BCUT2D eigenvalue weighted by Crippen LogP contribution is -2.31. The largest absolute Gasteiger partial charge is 0.497 e. The van der Waals surface area contributed by atoms with Crippen molar-refractivity contribution in [2.24, 2.45) is 0 Å². The van der Waals surface area contributed by atoms with E-state index in [0.717, 1.165) is 17.0 Å². The molecule has 0 saturated carbocycles. The number of methoxy groups -OCH3 is 2. The highest BCUT2D eigenvalue weighted by Gasteiger charge is 2.25. The topological polar surface area (TPSA) is 85.7 Å². The molecule has 172 valence electrons. The highest BCUT2D eigenvalue weighted by molar-refractivity contribution is 5.98. The summed E-state index contributed by atoms with van der Waals surface area (Å²) in [5, 5.41) is 2.97. The maximum atomic E-state index is 13.2. The number of benzene rings is 1. The number of fused-ring (bicyclic) bond motifs is 1. The molecule has 0 radical (unpaired) electrons. The predicted molar refractivity (Wildman–Crippen MR) is 125 cm³/mol. The van der Waals surface area contributed by atoms with Crippen LogP contribution in [0, 0.1) is 0 Å². The Balaban J connectivity index is 1.55. The summed E-state index contributed by atoms with van der Waals surface area (Å²) in [6.45, 7) is 2.96. The second-order valence-electron chi connectivity index (χ2n) is 7.90. The van der Waals surface area contributed by atoms with E-state index in [2.05, 4.69) is 15.2 Å². The van der Waals surface area contributed by atoms with Gasteiger partial charge >= 0.3 is 0 Å². The zero-order valence-electron chi connectivity index (χ0n) is 18.9. The monoisotopic (exact) mass is 448 g/mol. The Morgan fingerprint density at radius 2 is 1.88 bits per heavy atom. The molecule has 2 aromatic heterocycles. The molecule has 0 saturated heterocycles. The van der Waals surface area contributed by atoms with Crippen LogP contribution >= 0.6 is 0 Å². The molecule has 8 heteroatoms. The summed E-state index contributed by atoms with van der Waals surface area (Å²) >= 11 is 0. The first-order valence-electron chi connectivity index (χ1n) is 10.9. The van der Waals surface area contributed by atoms with Gasteiger partial charge in [0.05, 0.1) is 19.9 Å². The third-order valence-electron chi connectivity index (χ3n) is 5.86. The Kier molecular flexibility index (Phi) is 7.04. The fourth-order valence-corrected chi connectivity index (χ4v) is 4.09. The third-order valence-corrected chi connectivity index (χ3v) is 5.86. The van der Waals surface area contributed by atoms with Gasteiger partial charge in [0, 0.05) is 57.1 Å². The van der Waals surface area contributed by atoms with Gasteiger partial charge in [-0.15, -0.1) is 0 Å². The minimum absolute atomic E-state index is 0.159. The lowest BCUT2D eigenvalue weighted by atomic mass is 10.1. The van der Waals surface area contributed by atoms with Crippen LogP contribution in [0.3, 0.4) is 0 Å². The molecule has 0 atom stereocenters. The van der Waals surface area contributed by atoms with Crippen LogP contribution in [-0.4, -0.2) is 47.7 Å². The van der Waals surface area contributed by atoms with E-state index in [1.807, 2.05) is 42.5 Å². The Labute approximate surface area is 192 Å². The first kappa shape index (κ1) is 22.5. The maximum Gasteiger partial charge on any atom is 0.257 e. The fourth-order valence-electron chi connectivity index (χ4n) is 4.09. The van der Waals surface area contributed by atoms with E-state index in [1.54, 1.807) is 17.9 Å². The first-order chi connectivity index (χ1) is 16.1. The smallest absolute Gasteiger partial charge is 0.257 e. The normalized spacial score (nSPS) is 13.6. The second kappa shape index (κ2) is 10.3. The number of hydrogen-bond acceptors (Lipinski definition) is 6. The Bertz CT molecular complexity index is 1160. The second-order valence-corrected chi connectivity index (χ2v) is 7.90. The summed E-state index contributed by atoms with van der Waals surface area (Å²) in [6, 6.07) is 14.8. The van der Waals surface area contributed by atoms with Gasteiger partial charge in [-0.05, 0) is 29.8 Å². The third kappa shape index (κ3) is 5.23. The lowest BCUT2D eigenvalue weighted by molar-refractivity contribution is 0.0945. The summed E-state index contributed by atoms with van der Waals surface area (Å²) in [4.78, 5) is 32.7. The van der Waals surface area contributed by atoms with E-state index in [1.165, 1.54) is 13.2 Å². The van der Waals surface area contributed by atoms with Crippen molar-refractivity contribution in [2.75, 3.05) is 27.3 Å². The highest BCUT2D eigenvalue weighted by Crippen LogP contribution is 2.23. The van der Waals surface area contributed by atoms with E-state index in [4.69, 9.17) is 9.47 Å². The first-order valence-corrected chi connectivity index (χ1v) is 10.9. The molecule has 0 bridgehead atoms. The van der Waals surface area contributed by atoms with Crippen molar-refractivity contribution in [1.29, 1.82) is 0 Å². The molecule has 3 aromatic rings. The summed E-state index contributed by atoms with van der Waals surface area (Å²) in [7, 11) is 3.10. The van der Waals surface area contributed by atoms with E-state index < -0.39 is 0 Å². The average molecular weight is 449 g/mol. The van der Waals surface area contributed by atoms with Gasteiger partial charge in [-0.2, -0.15) is 0 Å².